The topological polar surface area (TPSA) is 81.2 Å². The first-order valence-corrected chi connectivity index (χ1v) is 10.5. The van der Waals surface area contributed by atoms with Crippen LogP contribution in [0.2, 0.25) is 0 Å². The normalized spacial score (nSPS) is 27.8. The second-order valence-corrected chi connectivity index (χ2v) is 8.64. The molecule has 2 amide bonds. The van der Waals surface area contributed by atoms with E-state index in [1.807, 2.05) is 28.0 Å². The molecule has 0 saturated carbocycles. The van der Waals surface area contributed by atoms with Crippen LogP contribution in [0.25, 0.3) is 0 Å². The molecule has 3 aliphatic heterocycles. The van der Waals surface area contributed by atoms with Gasteiger partial charge in [-0.3, -0.25) is 19.3 Å². The summed E-state index contributed by atoms with van der Waals surface area (Å²) in [6.07, 6.45) is 1.44. The van der Waals surface area contributed by atoms with Gasteiger partial charge >= 0.3 is 5.97 Å². The van der Waals surface area contributed by atoms with Crippen molar-refractivity contribution in [2.45, 2.75) is 25.8 Å². The zero-order valence-corrected chi connectivity index (χ0v) is 16.9. The zero-order chi connectivity index (χ0) is 20.5. The fraction of sp³-hybridized carbons (Fsp3) is 0.591. The summed E-state index contributed by atoms with van der Waals surface area (Å²) < 4.78 is 0. The van der Waals surface area contributed by atoms with Crippen molar-refractivity contribution in [3.8, 4) is 0 Å². The Hall–Kier alpha value is -2.41. The van der Waals surface area contributed by atoms with E-state index in [-0.39, 0.29) is 36.2 Å². The van der Waals surface area contributed by atoms with Gasteiger partial charge in [-0.2, -0.15) is 0 Å². The van der Waals surface area contributed by atoms with E-state index in [1.165, 1.54) is 0 Å². The Bertz CT molecular complexity index is 776. The fourth-order valence-electron chi connectivity index (χ4n) is 5.44. The van der Waals surface area contributed by atoms with Gasteiger partial charge in [0.25, 0.3) is 0 Å². The first-order valence-electron chi connectivity index (χ1n) is 10.5. The maximum absolute atomic E-state index is 13.5. The molecule has 1 N–H and O–H groups in total. The summed E-state index contributed by atoms with van der Waals surface area (Å²) in [5.41, 5.74) is 1.13. The first kappa shape index (κ1) is 19.9. The molecule has 3 saturated heterocycles. The molecule has 1 aromatic carbocycles. The molecule has 3 heterocycles. The van der Waals surface area contributed by atoms with Gasteiger partial charge in [0, 0.05) is 51.5 Å². The van der Waals surface area contributed by atoms with Crippen molar-refractivity contribution in [1.82, 2.24) is 14.7 Å². The summed E-state index contributed by atoms with van der Waals surface area (Å²) >= 11 is 0. The predicted octanol–water partition coefficient (Wildman–Crippen LogP) is 1.46. The molecule has 4 rings (SSSR count). The molecule has 7 nitrogen and oxygen atoms in total. The largest absolute Gasteiger partial charge is 0.480 e. The van der Waals surface area contributed by atoms with E-state index < -0.39 is 5.97 Å². The van der Waals surface area contributed by atoms with E-state index in [0.717, 1.165) is 24.9 Å². The average Bonchev–Trinajstić information content (AvgIpc) is 3.24. The highest BCUT2D eigenvalue weighted by Gasteiger charge is 2.50. The standard InChI is InChI=1S/C22H29N3O4/c1-15(26)24-9-7-17(8-10-24)22(29)25-12-18-11-23(14-20(27)28)13-19(18)21(25)16-5-3-2-4-6-16/h2-6,17-19,21H,7-14H2,1H3,(H,27,28)/t18-,19-,21+/m0/s1. The molecule has 0 aromatic heterocycles. The van der Waals surface area contributed by atoms with E-state index in [4.69, 9.17) is 5.11 Å². The number of nitrogens with zero attached hydrogens (tertiary/aromatic N) is 3. The molecule has 0 bridgehead atoms. The van der Waals surface area contributed by atoms with Crippen LogP contribution in [0.15, 0.2) is 30.3 Å². The van der Waals surface area contributed by atoms with Crippen molar-refractivity contribution in [2.75, 3.05) is 39.3 Å². The molecule has 0 spiro atoms. The van der Waals surface area contributed by atoms with E-state index in [1.54, 1.807) is 6.92 Å². The smallest absolute Gasteiger partial charge is 0.317 e. The third kappa shape index (κ3) is 4.01. The lowest BCUT2D eigenvalue weighted by atomic mass is 9.89. The number of fused-ring (bicyclic) bond motifs is 1. The van der Waals surface area contributed by atoms with Gasteiger partial charge < -0.3 is 14.9 Å². The Morgan fingerprint density at radius 1 is 1.03 bits per heavy atom. The lowest BCUT2D eigenvalue weighted by Gasteiger charge is -2.36. The van der Waals surface area contributed by atoms with Crippen molar-refractivity contribution in [3.63, 3.8) is 0 Å². The molecule has 0 radical (unpaired) electrons. The Balaban J connectivity index is 1.51. The quantitative estimate of drug-likeness (QED) is 0.829. The number of carboxylic acid groups (broad SMARTS) is 1. The summed E-state index contributed by atoms with van der Waals surface area (Å²) in [5, 5.41) is 9.16. The maximum atomic E-state index is 13.5. The van der Waals surface area contributed by atoms with Gasteiger partial charge in [0.15, 0.2) is 0 Å². The number of aliphatic carboxylic acids is 1. The summed E-state index contributed by atoms with van der Waals surface area (Å²) in [7, 11) is 0. The second kappa shape index (κ2) is 8.14. The molecule has 7 heteroatoms. The Labute approximate surface area is 171 Å². The highest BCUT2D eigenvalue weighted by Crippen LogP contribution is 2.45. The average molecular weight is 399 g/mol. The number of likely N-dealkylation sites (tertiary alicyclic amines) is 3. The van der Waals surface area contributed by atoms with Gasteiger partial charge in [-0.15, -0.1) is 0 Å². The number of carbonyl (C=O) groups excluding carboxylic acids is 2. The molecule has 29 heavy (non-hydrogen) atoms. The van der Waals surface area contributed by atoms with Crippen molar-refractivity contribution >= 4 is 17.8 Å². The molecule has 3 atom stereocenters. The third-order valence-electron chi connectivity index (χ3n) is 6.81. The lowest BCUT2D eigenvalue weighted by molar-refractivity contribution is -0.141. The van der Waals surface area contributed by atoms with Crippen molar-refractivity contribution in [3.05, 3.63) is 35.9 Å². The zero-order valence-electron chi connectivity index (χ0n) is 16.9. The highest BCUT2D eigenvalue weighted by atomic mass is 16.4. The fourth-order valence-corrected chi connectivity index (χ4v) is 5.44. The van der Waals surface area contributed by atoms with Crippen LogP contribution >= 0.6 is 0 Å². The van der Waals surface area contributed by atoms with E-state index in [0.29, 0.717) is 32.1 Å². The minimum atomic E-state index is -0.800. The number of hydrogen-bond acceptors (Lipinski definition) is 4. The van der Waals surface area contributed by atoms with Crippen molar-refractivity contribution < 1.29 is 19.5 Å². The summed E-state index contributed by atoms with van der Waals surface area (Å²) in [6, 6.07) is 10.1. The molecule has 0 unspecified atom stereocenters. The maximum Gasteiger partial charge on any atom is 0.317 e. The van der Waals surface area contributed by atoms with Gasteiger partial charge in [-0.05, 0) is 24.3 Å². The Morgan fingerprint density at radius 2 is 1.72 bits per heavy atom. The number of piperidine rings is 1. The van der Waals surface area contributed by atoms with Gasteiger partial charge in [0.2, 0.25) is 11.8 Å². The van der Waals surface area contributed by atoms with Crippen LogP contribution in [-0.2, 0) is 14.4 Å². The van der Waals surface area contributed by atoms with E-state index in [9.17, 15) is 14.4 Å². The van der Waals surface area contributed by atoms with Gasteiger partial charge in [0.05, 0.1) is 12.6 Å². The van der Waals surface area contributed by atoms with Crippen LogP contribution in [0.3, 0.4) is 0 Å². The van der Waals surface area contributed by atoms with Gasteiger partial charge in [-0.25, -0.2) is 0 Å². The van der Waals surface area contributed by atoms with Crippen LogP contribution in [0.4, 0.5) is 0 Å². The number of carboxylic acids is 1. The monoisotopic (exact) mass is 399 g/mol. The van der Waals surface area contributed by atoms with Crippen molar-refractivity contribution in [1.29, 1.82) is 0 Å². The number of amides is 2. The molecular formula is C22H29N3O4. The van der Waals surface area contributed by atoms with Crippen LogP contribution in [0.5, 0.6) is 0 Å². The van der Waals surface area contributed by atoms with Crippen LogP contribution in [0.1, 0.15) is 31.4 Å². The number of benzene rings is 1. The van der Waals surface area contributed by atoms with Crippen LogP contribution in [0, 0.1) is 17.8 Å². The number of carbonyl (C=O) groups is 3. The first-order chi connectivity index (χ1) is 13.9. The van der Waals surface area contributed by atoms with E-state index >= 15 is 0 Å². The number of hydrogen-bond donors (Lipinski definition) is 1. The summed E-state index contributed by atoms with van der Waals surface area (Å²) in [6.45, 7) is 5.07. The minimum Gasteiger partial charge on any atom is -0.480 e. The summed E-state index contributed by atoms with van der Waals surface area (Å²) in [5.74, 6) is 0.00418. The predicted molar refractivity (Wildman–Crippen MR) is 107 cm³/mol. The van der Waals surface area contributed by atoms with Gasteiger partial charge in [0.1, 0.15) is 0 Å². The number of rotatable bonds is 4. The molecule has 3 aliphatic rings. The third-order valence-corrected chi connectivity index (χ3v) is 6.81. The second-order valence-electron chi connectivity index (χ2n) is 8.64. The van der Waals surface area contributed by atoms with Crippen LogP contribution < -0.4 is 0 Å². The molecule has 0 aliphatic carbocycles. The molecule has 1 aromatic rings. The van der Waals surface area contributed by atoms with E-state index in [2.05, 4.69) is 17.0 Å². The molecule has 3 fully saturated rings. The Morgan fingerprint density at radius 3 is 2.34 bits per heavy atom. The SMILES string of the molecule is CC(=O)N1CCC(C(=O)N2C[C@@H]3CN(CC(=O)O)C[C@@H]3[C@H]2c2ccccc2)CC1. The molecule has 156 valence electrons. The molecular weight excluding hydrogens is 370 g/mol. The summed E-state index contributed by atoms with van der Waals surface area (Å²) in [4.78, 5) is 42.1. The Kier molecular flexibility index (Phi) is 5.58. The minimum absolute atomic E-state index is 0.00154. The highest BCUT2D eigenvalue weighted by molar-refractivity contribution is 5.80. The van der Waals surface area contributed by atoms with Crippen LogP contribution in [-0.4, -0.2) is 76.9 Å². The van der Waals surface area contributed by atoms with Gasteiger partial charge in [-0.1, -0.05) is 30.3 Å². The van der Waals surface area contributed by atoms with Crippen molar-refractivity contribution in [2.24, 2.45) is 17.8 Å². The lowest BCUT2D eigenvalue weighted by Crippen LogP contribution is -2.45.